The monoisotopic (exact) mass is 404 g/mol. The van der Waals surface area contributed by atoms with Gasteiger partial charge in [-0.25, -0.2) is 0 Å². The number of amides is 1. The summed E-state index contributed by atoms with van der Waals surface area (Å²) in [6.45, 7) is 1.59. The summed E-state index contributed by atoms with van der Waals surface area (Å²) in [6, 6.07) is 8.06. The maximum atomic E-state index is 13.5. The van der Waals surface area contributed by atoms with E-state index in [2.05, 4.69) is 5.10 Å². The highest BCUT2D eigenvalue weighted by Crippen LogP contribution is 2.35. The molecule has 4 rings (SSSR count). The normalized spacial score (nSPS) is 14.3. The van der Waals surface area contributed by atoms with Crippen molar-refractivity contribution in [2.75, 3.05) is 11.4 Å². The van der Waals surface area contributed by atoms with E-state index in [1.54, 1.807) is 4.90 Å². The summed E-state index contributed by atoms with van der Waals surface area (Å²) in [7, 11) is 1.46. The zero-order valence-corrected chi connectivity index (χ0v) is 16.0. The predicted molar refractivity (Wildman–Crippen MR) is 102 cm³/mol. The molecule has 9 heteroatoms. The van der Waals surface area contributed by atoms with Crippen LogP contribution in [-0.2, 0) is 31.0 Å². The lowest BCUT2D eigenvalue weighted by molar-refractivity contribution is -0.136. The van der Waals surface area contributed by atoms with Gasteiger partial charge in [0.05, 0.1) is 16.6 Å². The summed E-state index contributed by atoms with van der Waals surface area (Å²) < 4.78 is 42.7. The Balaban J connectivity index is 1.81. The minimum atomic E-state index is -4.69. The molecule has 6 nitrogen and oxygen atoms in total. The molecule has 1 aliphatic heterocycles. The second kappa shape index (κ2) is 6.75. The van der Waals surface area contributed by atoms with E-state index < -0.39 is 17.3 Å². The van der Waals surface area contributed by atoms with E-state index in [0.29, 0.717) is 12.6 Å². The van der Waals surface area contributed by atoms with Crippen LogP contribution in [0, 0.1) is 6.92 Å². The van der Waals surface area contributed by atoms with Crippen molar-refractivity contribution >= 4 is 22.6 Å². The minimum absolute atomic E-state index is 0.0130. The number of fused-ring (bicyclic) bond motifs is 2. The third-order valence-corrected chi connectivity index (χ3v) is 5.26. The van der Waals surface area contributed by atoms with Crippen molar-refractivity contribution in [3.05, 3.63) is 57.5 Å². The Morgan fingerprint density at radius 2 is 1.97 bits per heavy atom. The molecule has 0 saturated heterocycles. The molecule has 0 saturated carbocycles. The molecule has 2 aromatic heterocycles. The smallest absolute Gasteiger partial charge is 0.311 e. The van der Waals surface area contributed by atoms with Crippen LogP contribution in [0.2, 0.25) is 0 Å². The van der Waals surface area contributed by atoms with Gasteiger partial charge in [-0.3, -0.25) is 18.8 Å². The molecule has 1 aromatic carbocycles. The molecule has 0 unspecified atom stereocenters. The number of para-hydroxylation sites is 1. The summed E-state index contributed by atoms with van der Waals surface area (Å²) in [5, 5.41) is 3.89. The fraction of sp³-hybridized carbons (Fsp3) is 0.350. The molecule has 1 amide bonds. The molecule has 0 radical (unpaired) electrons. The second-order valence-electron chi connectivity index (χ2n) is 7.17. The van der Waals surface area contributed by atoms with E-state index in [1.165, 1.54) is 18.7 Å². The standard InChI is InChI=1S/C20H19F3N4O2/c1-12-18-14(20(21,22)23)10-16(28)27(19(18)25(2)24-12)11-17(29)26-9-5-7-13-6-3-4-8-15(13)26/h3-4,6,8,10H,5,7,9,11H2,1-2H3. The Hall–Kier alpha value is -3.10. The second-order valence-corrected chi connectivity index (χ2v) is 7.17. The number of anilines is 1. The molecule has 3 heterocycles. The summed E-state index contributed by atoms with van der Waals surface area (Å²) >= 11 is 0. The Kier molecular flexibility index (Phi) is 4.48. The van der Waals surface area contributed by atoms with Gasteiger partial charge < -0.3 is 4.90 Å². The fourth-order valence-corrected chi connectivity index (χ4v) is 4.04. The number of hydrogen-bond acceptors (Lipinski definition) is 3. The van der Waals surface area contributed by atoms with E-state index in [4.69, 9.17) is 0 Å². The van der Waals surface area contributed by atoms with E-state index >= 15 is 0 Å². The van der Waals surface area contributed by atoms with Crippen LogP contribution in [0.1, 0.15) is 23.2 Å². The summed E-state index contributed by atoms with van der Waals surface area (Å²) in [5.41, 5.74) is 0.0384. The Morgan fingerprint density at radius 3 is 2.69 bits per heavy atom. The first kappa shape index (κ1) is 19.2. The quantitative estimate of drug-likeness (QED) is 0.660. The lowest BCUT2D eigenvalue weighted by Gasteiger charge is -2.29. The first-order valence-corrected chi connectivity index (χ1v) is 9.21. The van der Waals surface area contributed by atoms with Crippen LogP contribution >= 0.6 is 0 Å². The minimum Gasteiger partial charge on any atom is -0.311 e. The number of hydrogen-bond donors (Lipinski definition) is 0. The molecular weight excluding hydrogens is 385 g/mol. The van der Waals surface area contributed by atoms with Crippen molar-refractivity contribution in [1.82, 2.24) is 14.3 Å². The van der Waals surface area contributed by atoms with E-state index in [0.717, 1.165) is 28.7 Å². The molecule has 152 valence electrons. The Morgan fingerprint density at radius 1 is 1.24 bits per heavy atom. The SMILES string of the molecule is Cc1nn(C)c2c1c(C(F)(F)F)cc(=O)n2CC(=O)N1CCCc2ccccc21. The van der Waals surface area contributed by atoms with Crippen LogP contribution in [0.4, 0.5) is 18.9 Å². The lowest BCUT2D eigenvalue weighted by atomic mass is 10.0. The van der Waals surface area contributed by atoms with E-state index in [1.807, 2.05) is 24.3 Å². The Labute approximate surface area is 164 Å². The van der Waals surface area contributed by atoms with Gasteiger partial charge in [0.2, 0.25) is 5.91 Å². The third kappa shape index (κ3) is 3.20. The third-order valence-electron chi connectivity index (χ3n) is 5.26. The largest absolute Gasteiger partial charge is 0.417 e. The predicted octanol–water partition coefficient (Wildman–Crippen LogP) is 3.04. The maximum Gasteiger partial charge on any atom is 0.417 e. The number of aryl methyl sites for hydroxylation is 3. The van der Waals surface area contributed by atoms with E-state index in [9.17, 15) is 22.8 Å². The first-order chi connectivity index (χ1) is 13.7. The first-order valence-electron chi connectivity index (χ1n) is 9.21. The van der Waals surface area contributed by atoms with Crippen LogP contribution in [-0.4, -0.2) is 26.8 Å². The zero-order valence-electron chi connectivity index (χ0n) is 16.0. The van der Waals surface area contributed by atoms with Gasteiger partial charge in [0.25, 0.3) is 5.56 Å². The van der Waals surface area contributed by atoms with Crippen molar-refractivity contribution in [1.29, 1.82) is 0 Å². The van der Waals surface area contributed by atoms with Gasteiger partial charge in [-0.2, -0.15) is 18.3 Å². The van der Waals surface area contributed by atoms with Crippen LogP contribution < -0.4 is 10.5 Å². The molecule has 0 N–H and O–H groups in total. The van der Waals surface area contributed by atoms with Gasteiger partial charge in [-0.15, -0.1) is 0 Å². The molecule has 0 bridgehead atoms. The summed E-state index contributed by atoms with van der Waals surface area (Å²) in [5.74, 6) is -0.348. The molecule has 0 aliphatic carbocycles. The van der Waals surface area contributed by atoms with Crippen molar-refractivity contribution in [3.8, 4) is 0 Å². The molecule has 0 atom stereocenters. The highest BCUT2D eigenvalue weighted by molar-refractivity contribution is 5.95. The molecule has 0 fully saturated rings. The van der Waals surface area contributed by atoms with Gasteiger partial charge in [-0.05, 0) is 31.4 Å². The fourth-order valence-electron chi connectivity index (χ4n) is 4.04. The number of pyridine rings is 1. The van der Waals surface area contributed by atoms with Crippen molar-refractivity contribution in [2.24, 2.45) is 7.05 Å². The van der Waals surface area contributed by atoms with E-state index in [-0.39, 0.29) is 29.2 Å². The number of aromatic nitrogens is 3. The topological polar surface area (TPSA) is 60.1 Å². The molecule has 0 spiro atoms. The number of benzene rings is 1. The van der Waals surface area contributed by atoms with Gasteiger partial charge in [0.1, 0.15) is 12.2 Å². The highest BCUT2D eigenvalue weighted by atomic mass is 19.4. The average molecular weight is 404 g/mol. The molecular formula is C20H19F3N4O2. The van der Waals surface area contributed by atoms with Gasteiger partial charge >= 0.3 is 6.18 Å². The molecule has 3 aromatic rings. The summed E-state index contributed by atoms with van der Waals surface area (Å²) in [6.07, 6.45) is -3.06. The van der Waals surface area contributed by atoms with Crippen LogP contribution in [0.25, 0.3) is 11.0 Å². The van der Waals surface area contributed by atoms with Crippen molar-refractivity contribution in [3.63, 3.8) is 0 Å². The Bertz CT molecular complexity index is 1180. The maximum absolute atomic E-state index is 13.5. The van der Waals surface area contributed by atoms with Crippen molar-refractivity contribution in [2.45, 2.75) is 32.5 Å². The summed E-state index contributed by atoms with van der Waals surface area (Å²) in [4.78, 5) is 27.2. The lowest BCUT2D eigenvalue weighted by Crippen LogP contribution is -2.40. The van der Waals surface area contributed by atoms with Crippen LogP contribution in [0.3, 0.4) is 0 Å². The number of rotatable bonds is 2. The zero-order chi connectivity index (χ0) is 20.9. The van der Waals surface area contributed by atoms with Gasteiger partial charge in [-0.1, -0.05) is 18.2 Å². The average Bonchev–Trinajstić information content (AvgIpc) is 2.96. The number of alkyl halides is 3. The number of nitrogens with zero attached hydrogens (tertiary/aromatic N) is 4. The number of carbonyl (C=O) groups is 1. The number of carbonyl (C=O) groups excluding carboxylic acids is 1. The van der Waals surface area contributed by atoms with Crippen molar-refractivity contribution < 1.29 is 18.0 Å². The van der Waals surface area contributed by atoms with Crippen LogP contribution in [0.15, 0.2) is 35.1 Å². The van der Waals surface area contributed by atoms with Gasteiger partial charge in [0, 0.05) is 25.3 Å². The highest BCUT2D eigenvalue weighted by Gasteiger charge is 2.36. The number of halogens is 3. The van der Waals surface area contributed by atoms with Crippen LogP contribution in [0.5, 0.6) is 0 Å². The molecule has 1 aliphatic rings. The molecule has 29 heavy (non-hydrogen) atoms. The van der Waals surface area contributed by atoms with Gasteiger partial charge in [0.15, 0.2) is 0 Å².